The van der Waals surface area contributed by atoms with E-state index in [1.807, 2.05) is 55.5 Å². The third kappa shape index (κ3) is 3.33. The number of para-hydroxylation sites is 2. The summed E-state index contributed by atoms with van der Waals surface area (Å²) in [6.07, 6.45) is 0. The number of amides is 2. The van der Waals surface area contributed by atoms with Crippen molar-refractivity contribution < 1.29 is 9.59 Å². The van der Waals surface area contributed by atoms with Crippen molar-refractivity contribution in [1.82, 2.24) is 0 Å². The number of anilines is 2. The second-order valence-corrected chi connectivity index (χ2v) is 8.63. The first kappa shape index (κ1) is 18.0. The molecular weight excluding hydrogens is 400 g/mol. The van der Waals surface area contributed by atoms with E-state index in [-0.39, 0.29) is 17.1 Å². The van der Waals surface area contributed by atoms with Crippen LogP contribution in [0.2, 0.25) is 0 Å². The standard InChI is InChI=1S/C19H19BrN2O2S/c1-12(25-16-11-7-4-8-13(16)20)17(23)22-15-10-6-5-9-14(15)21-18(24)19(22,2)3/h4-12H,1-3H3,(H,21,24). The molecule has 25 heavy (non-hydrogen) atoms. The molecule has 0 radical (unpaired) electrons. The highest BCUT2D eigenvalue weighted by atomic mass is 79.9. The second kappa shape index (κ2) is 6.84. The number of fused-ring (bicyclic) bond motifs is 1. The summed E-state index contributed by atoms with van der Waals surface area (Å²) in [5.41, 5.74) is 0.448. The van der Waals surface area contributed by atoms with Crippen LogP contribution in [0.4, 0.5) is 11.4 Å². The molecule has 0 saturated carbocycles. The molecule has 0 aliphatic carbocycles. The molecule has 2 aromatic carbocycles. The van der Waals surface area contributed by atoms with Crippen molar-refractivity contribution in [1.29, 1.82) is 0 Å². The molecule has 130 valence electrons. The Bertz CT molecular complexity index is 838. The van der Waals surface area contributed by atoms with Crippen molar-refractivity contribution in [3.8, 4) is 0 Å². The number of nitrogens with zero attached hydrogens (tertiary/aromatic N) is 1. The SMILES string of the molecule is CC(Sc1ccccc1Br)C(=O)N1c2ccccc2NC(=O)C1(C)C. The van der Waals surface area contributed by atoms with E-state index in [1.54, 1.807) is 18.7 Å². The van der Waals surface area contributed by atoms with Gasteiger partial charge in [0.2, 0.25) is 11.8 Å². The molecule has 3 rings (SSSR count). The first-order valence-corrected chi connectivity index (χ1v) is 9.65. The first-order chi connectivity index (χ1) is 11.8. The van der Waals surface area contributed by atoms with Gasteiger partial charge in [-0.25, -0.2) is 0 Å². The molecular formula is C19H19BrN2O2S. The minimum Gasteiger partial charge on any atom is -0.322 e. The summed E-state index contributed by atoms with van der Waals surface area (Å²) in [6, 6.07) is 15.2. The fourth-order valence-electron chi connectivity index (χ4n) is 2.81. The zero-order valence-electron chi connectivity index (χ0n) is 14.2. The van der Waals surface area contributed by atoms with E-state index >= 15 is 0 Å². The maximum absolute atomic E-state index is 13.2. The molecule has 1 atom stereocenters. The van der Waals surface area contributed by atoms with Gasteiger partial charge in [-0.3, -0.25) is 14.5 Å². The first-order valence-electron chi connectivity index (χ1n) is 7.98. The lowest BCUT2D eigenvalue weighted by molar-refractivity contribution is -0.126. The molecule has 2 aromatic rings. The van der Waals surface area contributed by atoms with Crippen LogP contribution in [0.1, 0.15) is 20.8 Å². The van der Waals surface area contributed by atoms with Crippen LogP contribution in [0.5, 0.6) is 0 Å². The lowest BCUT2D eigenvalue weighted by Crippen LogP contribution is -2.60. The van der Waals surface area contributed by atoms with Crippen molar-refractivity contribution >= 4 is 50.9 Å². The maximum atomic E-state index is 13.2. The Morgan fingerprint density at radius 2 is 1.80 bits per heavy atom. The number of halogens is 1. The van der Waals surface area contributed by atoms with Gasteiger partial charge < -0.3 is 5.32 Å². The summed E-state index contributed by atoms with van der Waals surface area (Å²) >= 11 is 5.00. The number of nitrogens with one attached hydrogen (secondary N) is 1. The zero-order valence-corrected chi connectivity index (χ0v) is 16.6. The summed E-state index contributed by atoms with van der Waals surface area (Å²) in [6.45, 7) is 5.41. The molecule has 2 amide bonds. The van der Waals surface area contributed by atoms with Crippen LogP contribution in [0.3, 0.4) is 0 Å². The lowest BCUT2D eigenvalue weighted by Gasteiger charge is -2.43. The smallest absolute Gasteiger partial charge is 0.250 e. The highest BCUT2D eigenvalue weighted by Crippen LogP contribution is 2.39. The Balaban J connectivity index is 1.94. The van der Waals surface area contributed by atoms with Crippen LogP contribution in [0, 0.1) is 0 Å². The number of rotatable bonds is 3. The van der Waals surface area contributed by atoms with E-state index in [4.69, 9.17) is 0 Å². The molecule has 1 heterocycles. The van der Waals surface area contributed by atoms with E-state index in [0.717, 1.165) is 15.1 Å². The van der Waals surface area contributed by atoms with E-state index in [9.17, 15) is 9.59 Å². The number of benzene rings is 2. The van der Waals surface area contributed by atoms with E-state index < -0.39 is 5.54 Å². The monoisotopic (exact) mass is 418 g/mol. The minimum absolute atomic E-state index is 0.0898. The van der Waals surface area contributed by atoms with Crippen molar-refractivity contribution in [2.45, 2.75) is 36.5 Å². The molecule has 1 aliphatic rings. The molecule has 0 fully saturated rings. The van der Waals surface area contributed by atoms with Gasteiger partial charge in [0.05, 0.1) is 16.6 Å². The van der Waals surface area contributed by atoms with Crippen LogP contribution in [0.25, 0.3) is 0 Å². The van der Waals surface area contributed by atoms with Crippen molar-refractivity contribution in [2.24, 2.45) is 0 Å². The van der Waals surface area contributed by atoms with Crippen LogP contribution >= 0.6 is 27.7 Å². The molecule has 0 aromatic heterocycles. The highest BCUT2D eigenvalue weighted by molar-refractivity contribution is 9.10. The molecule has 6 heteroatoms. The van der Waals surface area contributed by atoms with Crippen LogP contribution in [0.15, 0.2) is 57.9 Å². The molecule has 0 saturated heterocycles. The predicted octanol–water partition coefficient (Wildman–Crippen LogP) is 4.69. The van der Waals surface area contributed by atoms with Crippen molar-refractivity contribution in [3.63, 3.8) is 0 Å². The Morgan fingerprint density at radius 1 is 1.16 bits per heavy atom. The number of hydrogen-bond donors (Lipinski definition) is 1. The normalized spacial score (nSPS) is 16.8. The molecule has 4 nitrogen and oxygen atoms in total. The summed E-state index contributed by atoms with van der Waals surface area (Å²) in [7, 11) is 0. The van der Waals surface area contributed by atoms with Gasteiger partial charge in [0.1, 0.15) is 5.54 Å². The minimum atomic E-state index is -0.950. The molecule has 1 N–H and O–H groups in total. The highest BCUT2D eigenvalue weighted by Gasteiger charge is 2.44. The number of hydrogen-bond acceptors (Lipinski definition) is 3. The molecule has 0 spiro atoms. The summed E-state index contributed by atoms with van der Waals surface area (Å²) in [5, 5.41) is 2.55. The number of carbonyl (C=O) groups excluding carboxylic acids is 2. The quantitative estimate of drug-likeness (QED) is 0.735. The van der Waals surface area contributed by atoms with Gasteiger partial charge in [-0.1, -0.05) is 24.3 Å². The summed E-state index contributed by atoms with van der Waals surface area (Å²) < 4.78 is 0.954. The van der Waals surface area contributed by atoms with Gasteiger partial charge in [0, 0.05) is 9.37 Å². The number of thioether (sulfide) groups is 1. The average Bonchev–Trinajstić information content (AvgIpc) is 2.57. The Labute approximate surface area is 160 Å². The van der Waals surface area contributed by atoms with Gasteiger partial charge in [0.25, 0.3) is 0 Å². The second-order valence-electron chi connectivity index (χ2n) is 6.39. The van der Waals surface area contributed by atoms with Crippen LogP contribution < -0.4 is 10.2 Å². The summed E-state index contributed by atoms with van der Waals surface area (Å²) in [5.74, 6) is -0.273. The molecule has 0 bridgehead atoms. The van der Waals surface area contributed by atoms with Crippen LogP contribution in [-0.4, -0.2) is 22.6 Å². The van der Waals surface area contributed by atoms with E-state index in [2.05, 4.69) is 21.2 Å². The maximum Gasteiger partial charge on any atom is 0.250 e. The number of carbonyl (C=O) groups is 2. The molecule has 1 aliphatic heterocycles. The van der Waals surface area contributed by atoms with Gasteiger partial charge in [-0.05, 0) is 61.0 Å². The largest absolute Gasteiger partial charge is 0.322 e. The lowest BCUT2D eigenvalue weighted by atomic mass is 9.96. The van der Waals surface area contributed by atoms with Crippen molar-refractivity contribution in [3.05, 3.63) is 53.0 Å². The van der Waals surface area contributed by atoms with Gasteiger partial charge >= 0.3 is 0 Å². The zero-order chi connectivity index (χ0) is 18.2. The Hall–Kier alpha value is -1.79. The predicted molar refractivity (Wildman–Crippen MR) is 106 cm³/mol. The van der Waals surface area contributed by atoms with E-state index in [1.165, 1.54) is 11.8 Å². The third-order valence-corrected chi connectivity index (χ3v) is 6.34. The van der Waals surface area contributed by atoms with Crippen molar-refractivity contribution in [2.75, 3.05) is 10.2 Å². The fraction of sp³-hybridized carbons (Fsp3) is 0.263. The van der Waals surface area contributed by atoms with Gasteiger partial charge in [-0.15, -0.1) is 11.8 Å². The van der Waals surface area contributed by atoms with Gasteiger partial charge in [-0.2, -0.15) is 0 Å². The van der Waals surface area contributed by atoms with E-state index in [0.29, 0.717) is 5.69 Å². The Morgan fingerprint density at radius 3 is 2.52 bits per heavy atom. The van der Waals surface area contributed by atoms with Gasteiger partial charge in [0.15, 0.2) is 0 Å². The Kier molecular flexibility index (Phi) is 4.93. The topological polar surface area (TPSA) is 49.4 Å². The third-order valence-electron chi connectivity index (χ3n) is 4.22. The molecule has 1 unspecified atom stereocenters. The van der Waals surface area contributed by atoms with Crippen LogP contribution in [-0.2, 0) is 9.59 Å². The average molecular weight is 419 g/mol. The summed E-state index contributed by atoms with van der Waals surface area (Å²) in [4.78, 5) is 28.4. The fourth-order valence-corrected chi connectivity index (χ4v) is 4.30.